The summed E-state index contributed by atoms with van der Waals surface area (Å²) in [5, 5.41) is 0. The number of allylic oxidation sites excluding steroid dienone is 1. The van der Waals surface area contributed by atoms with Crippen molar-refractivity contribution in [1.82, 2.24) is 4.90 Å². The van der Waals surface area contributed by atoms with Gasteiger partial charge in [-0.1, -0.05) is 12.2 Å². The molecule has 0 fully saturated rings. The van der Waals surface area contributed by atoms with Gasteiger partial charge in [0.25, 0.3) is 0 Å². The Bertz CT molecular complexity index is 86.4. The van der Waals surface area contributed by atoms with Crippen molar-refractivity contribution in [1.29, 1.82) is 0 Å². The van der Waals surface area contributed by atoms with Gasteiger partial charge in [-0.05, 0) is 26.4 Å². The number of hydrogen-bond donors (Lipinski definition) is 0. The predicted octanol–water partition coefficient (Wildman–Crippen LogP) is 1.27. The molecule has 0 amide bonds. The van der Waals surface area contributed by atoms with Gasteiger partial charge in [-0.15, -0.1) is 0 Å². The van der Waals surface area contributed by atoms with Gasteiger partial charge in [0.15, 0.2) is 0 Å². The van der Waals surface area contributed by atoms with E-state index < -0.39 is 0 Å². The van der Waals surface area contributed by atoms with Crippen LogP contribution in [0.5, 0.6) is 0 Å². The highest BCUT2D eigenvalue weighted by Gasteiger charge is 1.96. The molecule has 0 unspecified atom stereocenters. The van der Waals surface area contributed by atoms with E-state index in [-0.39, 0.29) is 0 Å². The van der Waals surface area contributed by atoms with Crippen molar-refractivity contribution in [3.63, 3.8) is 0 Å². The Labute approximate surface area is 51.0 Å². The number of likely N-dealkylation sites (N-methyl/N-ethyl adjacent to an activating group) is 1. The summed E-state index contributed by atoms with van der Waals surface area (Å²) in [6, 6.07) is 0. The molecule has 46 valence electrons. The van der Waals surface area contributed by atoms with Crippen LogP contribution in [-0.4, -0.2) is 25.0 Å². The molecule has 0 aromatic rings. The molecule has 1 heterocycles. The molecule has 0 bridgehead atoms. The Morgan fingerprint density at radius 3 is 3.12 bits per heavy atom. The molecule has 0 radical (unpaired) electrons. The first kappa shape index (κ1) is 5.83. The minimum Gasteiger partial charge on any atom is -0.303 e. The SMILES string of the molecule is CN1CC=CCCC1. The maximum Gasteiger partial charge on any atom is 0.0160 e. The van der Waals surface area contributed by atoms with Crippen molar-refractivity contribution >= 4 is 0 Å². The summed E-state index contributed by atoms with van der Waals surface area (Å²) < 4.78 is 0. The third-order valence-electron chi connectivity index (χ3n) is 1.49. The fourth-order valence-electron chi connectivity index (χ4n) is 0.943. The molecule has 1 heteroatoms. The van der Waals surface area contributed by atoms with Crippen LogP contribution in [0, 0.1) is 0 Å². The molecule has 1 aliphatic rings. The van der Waals surface area contributed by atoms with Crippen molar-refractivity contribution in [3.05, 3.63) is 12.2 Å². The molecule has 0 spiro atoms. The minimum absolute atomic E-state index is 1.14. The van der Waals surface area contributed by atoms with E-state index in [2.05, 4.69) is 24.1 Å². The summed E-state index contributed by atoms with van der Waals surface area (Å²) >= 11 is 0. The summed E-state index contributed by atoms with van der Waals surface area (Å²) in [5.41, 5.74) is 0. The maximum absolute atomic E-state index is 2.34. The fourth-order valence-corrected chi connectivity index (χ4v) is 0.943. The smallest absolute Gasteiger partial charge is 0.0160 e. The molecular formula is C7H13N. The second kappa shape index (κ2) is 2.88. The lowest BCUT2D eigenvalue weighted by molar-refractivity contribution is 0.372. The van der Waals surface area contributed by atoms with E-state index in [9.17, 15) is 0 Å². The second-order valence-corrected chi connectivity index (χ2v) is 2.38. The first-order chi connectivity index (χ1) is 3.89. The van der Waals surface area contributed by atoms with Crippen LogP contribution >= 0.6 is 0 Å². The zero-order chi connectivity index (χ0) is 5.82. The number of rotatable bonds is 0. The zero-order valence-electron chi connectivity index (χ0n) is 5.43. The van der Waals surface area contributed by atoms with E-state index in [1.807, 2.05) is 0 Å². The van der Waals surface area contributed by atoms with E-state index in [1.54, 1.807) is 0 Å². The molecule has 0 aromatic heterocycles. The fraction of sp³-hybridized carbons (Fsp3) is 0.714. The van der Waals surface area contributed by atoms with E-state index >= 15 is 0 Å². The average Bonchev–Trinajstić information content (AvgIpc) is 1.94. The molecule has 1 nitrogen and oxygen atoms in total. The first-order valence-electron chi connectivity index (χ1n) is 3.23. The van der Waals surface area contributed by atoms with Crippen molar-refractivity contribution < 1.29 is 0 Å². The average molecular weight is 111 g/mol. The minimum atomic E-state index is 1.14. The van der Waals surface area contributed by atoms with Gasteiger partial charge in [0.1, 0.15) is 0 Å². The monoisotopic (exact) mass is 111 g/mol. The summed E-state index contributed by atoms with van der Waals surface area (Å²) in [4.78, 5) is 2.34. The second-order valence-electron chi connectivity index (χ2n) is 2.38. The van der Waals surface area contributed by atoms with Crippen LogP contribution in [-0.2, 0) is 0 Å². The third kappa shape index (κ3) is 1.66. The predicted molar refractivity (Wildman–Crippen MR) is 35.9 cm³/mol. The third-order valence-corrected chi connectivity index (χ3v) is 1.49. The van der Waals surface area contributed by atoms with Gasteiger partial charge in [0, 0.05) is 6.54 Å². The Kier molecular flexibility index (Phi) is 2.10. The molecular weight excluding hydrogens is 98.1 g/mol. The molecule has 0 saturated heterocycles. The van der Waals surface area contributed by atoms with Crippen LogP contribution in [0.1, 0.15) is 12.8 Å². The van der Waals surface area contributed by atoms with Crippen molar-refractivity contribution in [2.75, 3.05) is 20.1 Å². The number of hydrogen-bond acceptors (Lipinski definition) is 1. The summed E-state index contributed by atoms with van der Waals surface area (Å²) in [6.07, 6.45) is 7.10. The highest BCUT2D eigenvalue weighted by molar-refractivity contribution is 4.86. The van der Waals surface area contributed by atoms with Crippen molar-refractivity contribution in [2.45, 2.75) is 12.8 Å². The van der Waals surface area contributed by atoms with Gasteiger partial charge in [0.2, 0.25) is 0 Å². The summed E-state index contributed by atoms with van der Waals surface area (Å²) in [7, 11) is 2.16. The molecule has 0 N–H and O–H groups in total. The lowest BCUT2D eigenvalue weighted by Crippen LogP contribution is -2.17. The first-order valence-corrected chi connectivity index (χ1v) is 3.23. The standard InChI is InChI=1S/C7H13N/c1-8-6-4-2-3-5-7-8/h2,4H,3,5-7H2,1H3. The molecule has 0 aromatic carbocycles. The van der Waals surface area contributed by atoms with E-state index in [1.165, 1.54) is 19.4 Å². The van der Waals surface area contributed by atoms with E-state index in [0.29, 0.717) is 0 Å². The largest absolute Gasteiger partial charge is 0.303 e. The maximum atomic E-state index is 2.34. The molecule has 8 heavy (non-hydrogen) atoms. The van der Waals surface area contributed by atoms with Crippen LogP contribution < -0.4 is 0 Å². The Morgan fingerprint density at radius 1 is 1.38 bits per heavy atom. The molecule has 0 atom stereocenters. The topological polar surface area (TPSA) is 3.24 Å². The van der Waals surface area contributed by atoms with Crippen LogP contribution in [0.2, 0.25) is 0 Å². The van der Waals surface area contributed by atoms with E-state index in [4.69, 9.17) is 0 Å². The highest BCUT2D eigenvalue weighted by Crippen LogP contribution is 1.98. The van der Waals surface area contributed by atoms with Crippen molar-refractivity contribution in [2.24, 2.45) is 0 Å². The van der Waals surface area contributed by atoms with Gasteiger partial charge in [0.05, 0.1) is 0 Å². The highest BCUT2D eigenvalue weighted by atomic mass is 15.1. The molecule has 1 aliphatic heterocycles. The van der Waals surface area contributed by atoms with Gasteiger partial charge in [-0.2, -0.15) is 0 Å². The van der Waals surface area contributed by atoms with Gasteiger partial charge < -0.3 is 4.90 Å². The Morgan fingerprint density at radius 2 is 2.25 bits per heavy atom. The van der Waals surface area contributed by atoms with Crippen molar-refractivity contribution in [3.8, 4) is 0 Å². The lowest BCUT2D eigenvalue weighted by Gasteiger charge is -2.09. The zero-order valence-corrected chi connectivity index (χ0v) is 5.43. The Hall–Kier alpha value is -0.300. The normalized spacial score (nSPS) is 23.1. The van der Waals surface area contributed by atoms with Crippen LogP contribution in [0.25, 0.3) is 0 Å². The summed E-state index contributed by atoms with van der Waals surface area (Å²) in [6.45, 7) is 2.40. The van der Waals surface area contributed by atoms with Crippen LogP contribution in [0.15, 0.2) is 12.2 Å². The number of nitrogens with zero attached hydrogens (tertiary/aromatic N) is 1. The molecule has 0 saturated carbocycles. The van der Waals surface area contributed by atoms with Gasteiger partial charge in [-0.25, -0.2) is 0 Å². The summed E-state index contributed by atoms with van der Waals surface area (Å²) in [5.74, 6) is 0. The molecule has 1 rings (SSSR count). The lowest BCUT2D eigenvalue weighted by atomic mass is 10.3. The van der Waals surface area contributed by atoms with E-state index in [0.717, 1.165) is 6.54 Å². The van der Waals surface area contributed by atoms with Gasteiger partial charge in [-0.3, -0.25) is 0 Å². The van der Waals surface area contributed by atoms with Crippen LogP contribution in [0.4, 0.5) is 0 Å². The van der Waals surface area contributed by atoms with Gasteiger partial charge >= 0.3 is 0 Å². The Balaban J connectivity index is 2.30. The quantitative estimate of drug-likeness (QED) is 0.425. The van der Waals surface area contributed by atoms with Crippen LogP contribution in [0.3, 0.4) is 0 Å². The molecule has 0 aliphatic carbocycles.